The highest BCUT2D eigenvalue weighted by molar-refractivity contribution is 5.77. The van der Waals surface area contributed by atoms with Crippen molar-refractivity contribution in [2.45, 2.75) is 137 Å². The number of carbonyl (C=O) groups is 1. The number of hydrogen-bond acceptors (Lipinski definition) is 3. The average molecular weight is 638 g/mol. The van der Waals surface area contributed by atoms with Crippen LogP contribution >= 0.6 is 0 Å². The van der Waals surface area contributed by atoms with Crippen molar-refractivity contribution in [1.82, 2.24) is 0 Å². The molecule has 0 spiro atoms. The van der Waals surface area contributed by atoms with Crippen LogP contribution in [0.15, 0.2) is 65.8 Å². The van der Waals surface area contributed by atoms with E-state index >= 15 is 0 Å². The third-order valence-corrected chi connectivity index (χ3v) is 16.1. The Hall–Kier alpha value is -2.13. The molecule has 4 fully saturated rings. The van der Waals surface area contributed by atoms with Crippen LogP contribution < -0.4 is 5.73 Å². The van der Waals surface area contributed by atoms with Gasteiger partial charge in [-0.1, -0.05) is 89.3 Å². The molecular formula is C44H63NO2. The molecule has 0 aromatic heterocycles. The average Bonchev–Trinajstić information content (AvgIpc) is 3.42. The third kappa shape index (κ3) is 5.09. The number of allylic oxidation sites excluding steroid dienone is 5. The van der Waals surface area contributed by atoms with Crippen LogP contribution in [0.25, 0.3) is 0 Å². The van der Waals surface area contributed by atoms with Crippen molar-refractivity contribution >= 4 is 5.97 Å². The SMILES string of the molecule is C=C(C)[C@@H]1CC[C@]2(N)CCC3[C@H](CCC4[C@@]3(C)CCC3C(C)(C)C(C5=CC[C@@](CC)(C(=O)OCc6ccccc6)CC5)=CC[C@@]34C)C12. The second-order valence-electron chi connectivity index (χ2n) is 18.5. The van der Waals surface area contributed by atoms with Gasteiger partial charge in [0.1, 0.15) is 6.61 Å². The van der Waals surface area contributed by atoms with Gasteiger partial charge < -0.3 is 10.5 Å². The minimum atomic E-state index is -0.402. The smallest absolute Gasteiger partial charge is 0.312 e. The van der Waals surface area contributed by atoms with E-state index in [4.69, 9.17) is 10.5 Å². The van der Waals surface area contributed by atoms with Crippen LogP contribution in [0.3, 0.4) is 0 Å². The van der Waals surface area contributed by atoms with E-state index in [1.54, 1.807) is 5.57 Å². The molecule has 3 heteroatoms. The molecule has 47 heavy (non-hydrogen) atoms. The Kier molecular flexibility index (Phi) is 8.34. The second kappa shape index (κ2) is 11.7. The Morgan fingerprint density at radius 1 is 0.894 bits per heavy atom. The van der Waals surface area contributed by atoms with E-state index < -0.39 is 5.41 Å². The van der Waals surface area contributed by atoms with Crippen molar-refractivity contribution < 1.29 is 9.53 Å². The highest BCUT2D eigenvalue weighted by atomic mass is 16.5. The van der Waals surface area contributed by atoms with Gasteiger partial charge in [-0.25, -0.2) is 0 Å². The van der Waals surface area contributed by atoms with Crippen molar-refractivity contribution in [1.29, 1.82) is 0 Å². The molecule has 0 heterocycles. The van der Waals surface area contributed by atoms with Crippen LogP contribution in [0.5, 0.6) is 0 Å². The number of fused-ring (bicyclic) bond motifs is 7. The summed E-state index contributed by atoms with van der Waals surface area (Å²) in [6, 6.07) is 10.1. The molecule has 10 atom stereocenters. The fraction of sp³-hybridized carbons (Fsp3) is 0.705. The van der Waals surface area contributed by atoms with Crippen LogP contribution in [-0.2, 0) is 16.1 Å². The molecule has 0 amide bonds. The van der Waals surface area contributed by atoms with Crippen molar-refractivity contribution in [2.24, 2.45) is 62.9 Å². The standard InChI is InChI=1S/C44H63NO2/c1-8-43(39(46)47-28-30-12-10-9-11-13-30)24-16-31(17-25-43)34-19-22-42(7)36(40(34,4)5)21-23-41(6)35-20-27-44(45)26-18-32(29(2)3)38(44)33(35)14-15-37(41)42/h9-13,16,19,32-33,35-38H,2,8,14-15,17-18,20-28,45H2,1,3-7H3/t32-,33-,35?,36?,37?,38?,41-,42-,43+,44-/m0/s1. The van der Waals surface area contributed by atoms with Crippen LogP contribution in [0.4, 0.5) is 0 Å². The van der Waals surface area contributed by atoms with Gasteiger partial charge in [-0.05, 0) is 159 Å². The highest BCUT2D eigenvalue weighted by Gasteiger charge is 2.66. The van der Waals surface area contributed by atoms with Gasteiger partial charge in [0.25, 0.3) is 0 Å². The van der Waals surface area contributed by atoms with Gasteiger partial charge in [0.15, 0.2) is 0 Å². The van der Waals surface area contributed by atoms with Gasteiger partial charge in [-0.15, -0.1) is 0 Å². The quantitative estimate of drug-likeness (QED) is 0.249. The van der Waals surface area contributed by atoms with Gasteiger partial charge in [0.2, 0.25) is 0 Å². The summed E-state index contributed by atoms with van der Waals surface area (Å²) in [6.45, 7) is 19.8. The monoisotopic (exact) mass is 637 g/mol. The minimum absolute atomic E-state index is 0.0208. The normalized spacial score (nSPS) is 43.7. The molecule has 0 radical (unpaired) electrons. The zero-order valence-corrected chi connectivity index (χ0v) is 30.5. The van der Waals surface area contributed by atoms with Crippen molar-refractivity contribution in [3.05, 3.63) is 71.3 Å². The highest BCUT2D eigenvalue weighted by Crippen LogP contribution is 2.72. The molecule has 6 aliphatic rings. The molecule has 2 N–H and O–H groups in total. The molecule has 4 saturated carbocycles. The first kappa shape index (κ1) is 33.4. The first-order valence-corrected chi connectivity index (χ1v) is 19.3. The van der Waals surface area contributed by atoms with Crippen molar-refractivity contribution in [3.8, 4) is 0 Å². The second-order valence-corrected chi connectivity index (χ2v) is 18.5. The first-order valence-electron chi connectivity index (χ1n) is 19.3. The van der Waals surface area contributed by atoms with E-state index in [2.05, 4.69) is 60.3 Å². The predicted octanol–water partition coefficient (Wildman–Crippen LogP) is 10.8. The van der Waals surface area contributed by atoms with Gasteiger partial charge in [0.05, 0.1) is 5.41 Å². The lowest BCUT2D eigenvalue weighted by molar-refractivity contribution is -0.175. The molecule has 7 rings (SSSR count). The number of benzene rings is 1. The largest absolute Gasteiger partial charge is 0.460 e. The summed E-state index contributed by atoms with van der Waals surface area (Å²) < 4.78 is 5.92. The fourth-order valence-corrected chi connectivity index (χ4v) is 13.7. The molecule has 6 aliphatic carbocycles. The fourth-order valence-electron chi connectivity index (χ4n) is 13.7. The van der Waals surface area contributed by atoms with Gasteiger partial charge >= 0.3 is 5.97 Å². The summed E-state index contributed by atoms with van der Waals surface area (Å²) in [5, 5.41) is 0. The summed E-state index contributed by atoms with van der Waals surface area (Å²) in [4.78, 5) is 13.5. The van der Waals surface area contributed by atoms with E-state index in [0.29, 0.717) is 35.2 Å². The maximum absolute atomic E-state index is 13.5. The number of nitrogens with two attached hydrogens (primary N) is 1. The van der Waals surface area contributed by atoms with Crippen LogP contribution in [0.2, 0.25) is 0 Å². The Morgan fingerprint density at radius 3 is 2.32 bits per heavy atom. The van der Waals surface area contributed by atoms with E-state index in [-0.39, 0.29) is 16.9 Å². The van der Waals surface area contributed by atoms with E-state index in [1.165, 1.54) is 68.9 Å². The van der Waals surface area contributed by atoms with Crippen LogP contribution in [-0.4, -0.2) is 11.5 Å². The zero-order chi connectivity index (χ0) is 33.4. The lowest BCUT2D eigenvalue weighted by Gasteiger charge is -2.68. The molecule has 256 valence electrons. The van der Waals surface area contributed by atoms with Gasteiger partial charge in [-0.2, -0.15) is 0 Å². The Morgan fingerprint density at radius 2 is 1.64 bits per heavy atom. The van der Waals surface area contributed by atoms with E-state index in [0.717, 1.165) is 49.0 Å². The maximum Gasteiger partial charge on any atom is 0.312 e. The summed E-state index contributed by atoms with van der Waals surface area (Å²) >= 11 is 0. The van der Waals surface area contributed by atoms with E-state index in [9.17, 15) is 4.79 Å². The molecular weight excluding hydrogens is 574 g/mol. The molecule has 1 aromatic carbocycles. The lowest BCUT2D eigenvalue weighted by Crippen LogP contribution is -2.63. The summed E-state index contributed by atoms with van der Waals surface area (Å²) in [5.41, 5.74) is 13.3. The van der Waals surface area contributed by atoms with Crippen molar-refractivity contribution in [2.75, 3.05) is 0 Å². The number of hydrogen-bond donors (Lipinski definition) is 1. The zero-order valence-electron chi connectivity index (χ0n) is 30.5. The van der Waals surface area contributed by atoms with Crippen LogP contribution in [0.1, 0.15) is 131 Å². The first-order chi connectivity index (χ1) is 22.3. The topological polar surface area (TPSA) is 52.3 Å². The summed E-state index contributed by atoms with van der Waals surface area (Å²) in [7, 11) is 0. The van der Waals surface area contributed by atoms with Crippen molar-refractivity contribution in [3.63, 3.8) is 0 Å². The third-order valence-electron chi connectivity index (χ3n) is 16.1. The Balaban J connectivity index is 1.10. The van der Waals surface area contributed by atoms with Crippen LogP contribution in [0, 0.1) is 57.2 Å². The molecule has 0 bridgehead atoms. The predicted molar refractivity (Wildman–Crippen MR) is 193 cm³/mol. The minimum Gasteiger partial charge on any atom is -0.460 e. The number of carbonyl (C=O) groups excluding carboxylic acids is 1. The Labute approximate surface area is 286 Å². The number of ether oxygens (including phenoxy) is 1. The van der Waals surface area contributed by atoms with E-state index in [1.807, 2.05) is 30.3 Å². The lowest BCUT2D eigenvalue weighted by atomic mass is 9.36. The van der Waals surface area contributed by atoms with Gasteiger partial charge in [0, 0.05) is 5.54 Å². The Bertz CT molecular complexity index is 1450. The summed E-state index contributed by atoms with van der Waals surface area (Å²) in [5.74, 6) is 4.28. The number of esters is 1. The maximum atomic E-state index is 13.5. The molecule has 0 aliphatic heterocycles. The molecule has 3 nitrogen and oxygen atoms in total. The molecule has 0 saturated heterocycles. The van der Waals surface area contributed by atoms with Gasteiger partial charge in [-0.3, -0.25) is 4.79 Å². The molecule has 4 unspecified atom stereocenters. The number of rotatable bonds is 6. The molecule has 1 aromatic rings. The summed E-state index contributed by atoms with van der Waals surface area (Å²) in [6.07, 6.45) is 20.2.